The maximum absolute atomic E-state index is 12.2. The molecule has 0 heterocycles. The molecule has 0 aliphatic heterocycles. The third-order valence-electron chi connectivity index (χ3n) is 2.86. The second kappa shape index (κ2) is 7.62. The fourth-order valence-corrected chi connectivity index (χ4v) is 3.61. The van der Waals surface area contributed by atoms with Crippen LogP contribution in [0.2, 0.25) is 0 Å². The van der Waals surface area contributed by atoms with Crippen molar-refractivity contribution in [2.75, 3.05) is 24.4 Å². The molecule has 21 heavy (non-hydrogen) atoms. The van der Waals surface area contributed by atoms with Crippen molar-refractivity contribution in [2.24, 2.45) is 0 Å². The molecule has 1 rings (SSSR count). The first kappa shape index (κ1) is 17.7. The van der Waals surface area contributed by atoms with Gasteiger partial charge in [0.15, 0.2) is 0 Å². The van der Waals surface area contributed by atoms with Crippen LogP contribution in [0, 0.1) is 10.1 Å². The van der Waals surface area contributed by atoms with Gasteiger partial charge in [0.05, 0.1) is 9.82 Å². The lowest BCUT2D eigenvalue weighted by Gasteiger charge is -2.14. The predicted molar refractivity (Wildman–Crippen MR) is 85.4 cm³/mol. The number of thioether (sulfide) groups is 1. The number of sulfonamides is 1. The van der Waals surface area contributed by atoms with E-state index < -0.39 is 14.9 Å². The summed E-state index contributed by atoms with van der Waals surface area (Å²) in [7, 11) is -2.22. The van der Waals surface area contributed by atoms with Crippen molar-refractivity contribution in [3.63, 3.8) is 0 Å². The maximum Gasteiger partial charge on any atom is 0.293 e. The molecule has 0 bridgehead atoms. The van der Waals surface area contributed by atoms with Crippen molar-refractivity contribution in [1.82, 2.24) is 4.72 Å². The zero-order chi connectivity index (χ0) is 16.0. The molecule has 0 aromatic heterocycles. The van der Waals surface area contributed by atoms with Crippen LogP contribution in [0.1, 0.15) is 13.3 Å². The highest BCUT2D eigenvalue weighted by molar-refractivity contribution is 7.98. The van der Waals surface area contributed by atoms with Crippen molar-refractivity contribution < 1.29 is 13.3 Å². The van der Waals surface area contributed by atoms with Crippen molar-refractivity contribution in [2.45, 2.75) is 24.3 Å². The van der Waals surface area contributed by atoms with Crippen LogP contribution in [-0.4, -0.2) is 38.4 Å². The highest BCUT2D eigenvalue weighted by Gasteiger charge is 2.22. The molecule has 1 aromatic carbocycles. The molecule has 1 atom stereocenters. The molecule has 2 N–H and O–H groups in total. The van der Waals surface area contributed by atoms with E-state index in [1.807, 2.05) is 6.26 Å². The Hall–Kier alpha value is -1.32. The van der Waals surface area contributed by atoms with Crippen LogP contribution in [0.4, 0.5) is 11.4 Å². The minimum Gasteiger partial charge on any atom is -0.383 e. The number of hydrogen-bond acceptors (Lipinski definition) is 6. The van der Waals surface area contributed by atoms with Gasteiger partial charge in [-0.2, -0.15) is 11.8 Å². The van der Waals surface area contributed by atoms with Crippen LogP contribution in [-0.2, 0) is 10.0 Å². The normalized spacial score (nSPS) is 12.9. The Bertz CT molecular complexity index is 605. The Labute approximate surface area is 128 Å². The molecule has 0 aliphatic carbocycles. The lowest BCUT2D eigenvalue weighted by atomic mass is 10.3. The lowest BCUT2D eigenvalue weighted by Crippen LogP contribution is -2.33. The predicted octanol–water partition coefficient (Wildman–Crippen LogP) is 2.06. The summed E-state index contributed by atoms with van der Waals surface area (Å²) in [6.07, 6.45) is 2.64. The second-order valence-electron chi connectivity index (χ2n) is 4.49. The summed E-state index contributed by atoms with van der Waals surface area (Å²) in [5.74, 6) is 0.836. The molecule has 0 spiro atoms. The zero-order valence-electron chi connectivity index (χ0n) is 12.1. The topological polar surface area (TPSA) is 101 Å². The molecule has 0 saturated carbocycles. The highest BCUT2D eigenvalue weighted by Crippen LogP contribution is 2.27. The van der Waals surface area contributed by atoms with Gasteiger partial charge in [-0.25, -0.2) is 13.1 Å². The molecule has 0 amide bonds. The van der Waals surface area contributed by atoms with E-state index in [0.717, 1.165) is 11.8 Å². The van der Waals surface area contributed by atoms with E-state index in [-0.39, 0.29) is 22.3 Å². The molecule has 9 heteroatoms. The summed E-state index contributed by atoms with van der Waals surface area (Å²) < 4.78 is 27.0. The van der Waals surface area contributed by atoms with Crippen molar-refractivity contribution >= 4 is 33.2 Å². The fraction of sp³-hybridized carbons (Fsp3) is 0.500. The third kappa shape index (κ3) is 4.87. The first-order valence-corrected chi connectivity index (χ1v) is 9.17. The quantitative estimate of drug-likeness (QED) is 0.558. The summed E-state index contributed by atoms with van der Waals surface area (Å²) in [6.45, 7) is 1.77. The van der Waals surface area contributed by atoms with Gasteiger partial charge < -0.3 is 5.32 Å². The van der Waals surface area contributed by atoms with E-state index in [1.165, 1.54) is 12.1 Å². The van der Waals surface area contributed by atoms with Gasteiger partial charge in [0.2, 0.25) is 10.0 Å². The Morgan fingerprint density at radius 2 is 2.10 bits per heavy atom. The van der Waals surface area contributed by atoms with Crippen LogP contribution in [0.25, 0.3) is 0 Å². The molecule has 0 saturated heterocycles. The molecule has 0 aliphatic rings. The average Bonchev–Trinajstić information content (AvgIpc) is 2.43. The number of nitro groups is 1. The summed E-state index contributed by atoms with van der Waals surface area (Å²) >= 11 is 1.63. The fourth-order valence-electron chi connectivity index (χ4n) is 1.73. The van der Waals surface area contributed by atoms with E-state index >= 15 is 0 Å². The number of nitrogens with zero attached hydrogens (tertiary/aromatic N) is 1. The van der Waals surface area contributed by atoms with Gasteiger partial charge in [0.25, 0.3) is 5.69 Å². The van der Waals surface area contributed by atoms with E-state index in [1.54, 1.807) is 25.7 Å². The van der Waals surface area contributed by atoms with E-state index in [0.29, 0.717) is 6.42 Å². The lowest BCUT2D eigenvalue weighted by molar-refractivity contribution is -0.384. The Kier molecular flexibility index (Phi) is 6.43. The van der Waals surface area contributed by atoms with Crippen LogP contribution in [0.3, 0.4) is 0 Å². The summed E-state index contributed by atoms with van der Waals surface area (Å²) in [5, 5.41) is 13.6. The van der Waals surface area contributed by atoms with E-state index in [2.05, 4.69) is 10.0 Å². The van der Waals surface area contributed by atoms with Gasteiger partial charge in [-0.15, -0.1) is 0 Å². The van der Waals surface area contributed by atoms with Crippen molar-refractivity contribution in [1.29, 1.82) is 0 Å². The van der Waals surface area contributed by atoms with Gasteiger partial charge in [0, 0.05) is 19.2 Å². The number of anilines is 1. The standard InChI is InChI=1S/C12H19N3O4S2/c1-9(6-7-20-3)14-21(18,19)10-4-5-11(13-2)12(8-10)15(16)17/h4-5,8-9,13-14H,6-7H2,1-3H3. The Balaban J connectivity index is 3.03. The van der Waals surface area contributed by atoms with Crippen LogP contribution in [0.15, 0.2) is 23.1 Å². The van der Waals surface area contributed by atoms with Gasteiger partial charge in [-0.05, 0) is 37.5 Å². The van der Waals surface area contributed by atoms with Gasteiger partial charge in [0.1, 0.15) is 5.69 Å². The third-order valence-corrected chi connectivity index (χ3v) is 5.09. The second-order valence-corrected chi connectivity index (χ2v) is 7.19. The minimum atomic E-state index is -3.76. The van der Waals surface area contributed by atoms with Crippen LogP contribution in [0.5, 0.6) is 0 Å². The van der Waals surface area contributed by atoms with Crippen molar-refractivity contribution in [3.05, 3.63) is 28.3 Å². The molecule has 7 nitrogen and oxygen atoms in total. The largest absolute Gasteiger partial charge is 0.383 e. The van der Waals surface area contributed by atoms with Crippen LogP contribution < -0.4 is 10.0 Å². The molecule has 0 fully saturated rings. The summed E-state index contributed by atoms with van der Waals surface area (Å²) in [4.78, 5) is 10.3. The summed E-state index contributed by atoms with van der Waals surface area (Å²) in [5.41, 5.74) is 0.00604. The maximum atomic E-state index is 12.2. The zero-order valence-corrected chi connectivity index (χ0v) is 13.8. The summed E-state index contributed by atoms with van der Waals surface area (Å²) in [6, 6.07) is 3.57. The number of nitro benzene ring substituents is 1. The van der Waals surface area contributed by atoms with Crippen LogP contribution >= 0.6 is 11.8 Å². The number of nitrogens with one attached hydrogen (secondary N) is 2. The molecular formula is C12H19N3O4S2. The highest BCUT2D eigenvalue weighted by atomic mass is 32.2. The molecule has 1 aromatic rings. The SMILES string of the molecule is CNc1ccc(S(=O)(=O)NC(C)CCSC)cc1[N+](=O)[O-]. The van der Waals surface area contributed by atoms with Crippen molar-refractivity contribution in [3.8, 4) is 0 Å². The number of benzene rings is 1. The molecule has 1 unspecified atom stereocenters. The van der Waals surface area contributed by atoms with E-state index in [9.17, 15) is 18.5 Å². The number of rotatable bonds is 8. The monoisotopic (exact) mass is 333 g/mol. The Morgan fingerprint density at radius 3 is 2.62 bits per heavy atom. The van der Waals surface area contributed by atoms with Gasteiger partial charge in [-0.3, -0.25) is 10.1 Å². The van der Waals surface area contributed by atoms with E-state index in [4.69, 9.17) is 0 Å². The first-order chi connectivity index (χ1) is 9.81. The Morgan fingerprint density at radius 1 is 1.43 bits per heavy atom. The smallest absolute Gasteiger partial charge is 0.293 e. The number of hydrogen-bond donors (Lipinski definition) is 2. The minimum absolute atomic E-state index is 0.107. The average molecular weight is 333 g/mol. The molecule has 0 radical (unpaired) electrons. The van der Waals surface area contributed by atoms with Gasteiger partial charge in [-0.1, -0.05) is 0 Å². The van der Waals surface area contributed by atoms with Gasteiger partial charge >= 0.3 is 0 Å². The molecule has 118 valence electrons. The first-order valence-electron chi connectivity index (χ1n) is 6.29. The molecular weight excluding hydrogens is 314 g/mol.